The number of ether oxygens (including phenoxy) is 1. The fourth-order valence-electron chi connectivity index (χ4n) is 2.03. The highest BCUT2D eigenvalue weighted by atomic mass is 16.5. The second-order valence-electron chi connectivity index (χ2n) is 4.34. The summed E-state index contributed by atoms with van der Waals surface area (Å²) < 4.78 is 5.44. The van der Waals surface area contributed by atoms with Gasteiger partial charge in [-0.3, -0.25) is 0 Å². The Morgan fingerprint density at radius 3 is 2.56 bits per heavy atom. The summed E-state index contributed by atoms with van der Waals surface area (Å²) in [5, 5.41) is 3.27. The third-order valence-corrected chi connectivity index (χ3v) is 2.84. The molecule has 0 fully saturated rings. The van der Waals surface area contributed by atoms with Crippen LogP contribution in [-0.4, -0.2) is 25.3 Å². The van der Waals surface area contributed by atoms with Crippen LogP contribution in [0.3, 0.4) is 0 Å². The predicted octanol–water partition coefficient (Wildman–Crippen LogP) is 2.69. The summed E-state index contributed by atoms with van der Waals surface area (Å²) >= 11 is 0. The lowest BCUT2D eigenvalue weighted by Crippen LogP contribution is -2.10. The van der Waals surface area contributed by atoms with Crippen molar-refractivity contribution in [2.24, 2.45) is 9.98 Å². The first-order chi connectivity index (χ1) is 8.70. The summed E-state index contributed by atoms with van der Waals surface area (Å²) in [5.74, 6) is 0.693. The summed E-state index contributed by atoms with van der Waals surface area (Å²) in [6.45, 7) is 8.25. The Kier molecular flexibility index (Phi) is 4.10. The van der Waals surface area contributed by atoms with Crippen molar-refractivity contribution >= 4 is 17.9 Å². The first kappa shape index (κ1) is 12.8. The van der Waals surface area contributed by atoms with Gasteiger partial charge in [0, 0.05) is 18.5 Å². The number of guanidine groups is 1. The number of aryl methyl sites for hydroxylation is 2. The van der Waals surface area contributed by atoms with E-state index in [4.69, 9.17) is 4.74 Å². The Hall–Kier alpha value is -1.68. The first-order valence-corrected chi connectivity index (χ1v) is 6.22. The molecule has 4 heteroatoms. The number of hydrogen-bond acceptors (Lipinski definition) is 4. The highest BCUT2D eigenvalue weighted by Gasteiger charge is 2.08. The maximum absolute atomic E-state index is 5.44. The van der Waals surface area contributed by atoms with Gasteiger partial charge in [-0.25, -0.2) is 9.98 Å². The summed E-state index contributed by atoms with van der Waals surface area (Å²) in [5.41, 5.74) is 4.67. The Labute approximate surface area is 108 Å². The maximum atomic E-state index is 5.44. The summed E-state index contributed by atoms with van der Waals surface area (Å²) in [6.07, 6.45) is 1.80. The van der Waals surface area contributed by atoms with Gasteiger partial charge >= 0.3 is 0 Å². The molecule has 1 heterocycles. The van der Waals surface area contributed by atoms with Crippen LogP contribution >= 0.6 is 0 Å². The molecule has 1 aromatic carbocycles. The lowest BCUT2D eigenvalue weighted by Gasteiger charge is -2.13. The maximum Gasteiger partial charge on any atom is 0.222 e. The molecule has 0 radical (unpaired) electrons. The van der Waals surface area contributed by atoms with Crippen molar-refractivity contribution in [2.45, 2.75) is 27.4 Å². The van der Waals surface area contributed by atoms with Gasteiger partial charge in [-0.15, -0.1) is 0 Å². The zero-order chi connectivity index (χ0) is 13.0. The topological polar surface area (TPSA) is 46.0 Å². The van der Waals surface area contributed by atoms with Gasteiger partial charge in [0.2, 0.25) is 5.96 Å². The number of rotatable bonds is 4. The molecule has 0 aliphatic carbocycles. The predicted molar refractivity (Wildman–Crippen MR) is 75.7 cm³/mol. The molecule has 0 amide bonds. The van der Waals surface area contributed by atoms with E-state index >= 15 is 0 Å². The van der Waals surface area contributed by atoms with Crippen molar-refractivity contribution in [3.8, 4) is 0 Å². The summed E-state index contributed by atoms with van der Waals surface area (Å²) in [4.78, 5) is 8.42. The molecule has 1 aliphatic rings. The third kappa shape index (κ3) is 2.96. The molecule has 0 atom stereocenters. The highest BCUT2D eigenvalue weighted by Crippen LogP contribution is 2.23. The SMILES string of the molecule is CCOCc1cc(C)c(NC2=NCC=N2)c(C)c1. The molecule has 1 N–H and O–H groups in total. The van der Waals surface area contributed by atoms with E-state index in [1.54, 1.807) is 6.21 Å². The summed E-state index contributed by atoms with van der Waals surface area (Å²) in [7, 11) is 0. The van der Waals surface area contributed by atoms with Gasteiger partial charge in [0.1, 0.15) is 0 Å². The molecular formula is C14H19N3O. The first-order valence-electron chi connectivity index (χ1n) is 6.22. The van der Waals surface area contributed by atoms with Gasteiger partial charge in [0.25, 0.3) is 0 Å². The fraction of sp³-hybridized carbons (Fsp3) is 0.429. The normalized spacial score (nSPS) is 13.8. The molecule has 4 nitrogen and oxygen atoms in total. The molecule has 2 rings (SSSR count). The molecule has 0 saturated carbocycles. The summed E-state index contributed by atoms with van der Waals surface area (Å²) in [6, 6.07) is 4.29. The van der Waals surface area contributed by atoms with Gasteiger partial charge in [0.15, 0.2) is 0 Å². The van der Waals surface area contributed by atoms with Crippen LogP contribution < -0.4 is 5.32 Å². The zero-order valence-electron chi connectivity index (χ0n) is 11.2. The molecule has 1 aromatic rings. The number of aliphatic imine (C=N–C) groups is 2. The van der Waals surface area contributed by atoms with Crippen molar-refractivity contribution in [3.05, 3.63) is 28.8 Å². The van der Waals surface area contributed by atoms with E-state index in [9.17, 15) is 0 Å². The van der Waals surface area contributed by atoms with Gasteiger partial charge in [0.05, 0.1) is 13.2 Å². The minimum absolute atomic E-state index is 0.664. The lowest BCUT2D eigenvalue weighted by molar-refractivity contribution is 0.134. The van der Waals surface area contributed by atoms with Crippen molar-refractivity contribution in [2.75, 3.05) is 18.5 Å². The van der Waals surface area contributed by atoms with Gasteiger partial charge < -0.3 is 10.1 Å². The standard InChI is InChI=1S/C14H19N3O/c1-4-18-9-12-7-10(2)13(11(3)8-12)17-14-15-5-6-16-14/h5,7-8H,4,6,9H2,1-3H3,(H,16,17). The molecule has 0 bridgehead atoms. The molecule has 1 aliphatic heterocycles. The van der Waals surface area contributed by atoms with Crippen molar-refractivity contribution in [3.63, 3.8) is 0 Å². The number of benzene rings is 1. The smallest absolute Gasteiger partial charge is 0.222 e. The number of anilines is 1. The second-order valence-corrected chi connectivity index (χ2v) is 4.34. The van der Waals surface area contributed by atoms with Crippen LogP contribution in [0.15, 0.2) is 22.1 Å². The van der Waals surface area contributed by atoms with Crippen LogP contribution in [-0.2, 0) is 11.3 Å². The fourth-order valence-corrected chi connectivity index (χ4v) is 2.03. The van der Waals surface area contributed by atoms with E-state index in [0.717, 1.165) is 12.3 Å². The van der Waals surface area contributed by atoms with Crippen molar-refractivity contribution in [1.29, 1.82) is 0 Å². The van der Waals surface area contributed by atoms with Gasteiger partial charge in [-0.05, 0) is 37.5 Å². The molecule has 0 unspecified atom stereocenters. The third-order valence-electron chi connectivity index (χ3n) is 2.84. The van der Waals surface area contributed by atoms with E-state index in [1.807, 2.05) is 6.92 Å². The van der Waals surface area contributed by atoms with E-state index < -0.39 is 0 Å². The minimum Gasteiger partial charge on any atom is -0.377 e. The second kappa shape index (κ2) is 5.78. The molecule has 18 heavy (non-hydrogen) atoms. The van der Waals surface area contributed by atoms with Crippen LogP contribution in [0.25, 0.3) is 0 Å². The lowest BCUT2D eigenvalue weighted by atomic mass is 10.0. The van der Waals surface area contributed by atoms with Gasteiger partial charge in [-0.2, -0.15) is 0 Å². The van der Waals surface area contributed by atoms with Crippen LogP contribution in [0, 0.1) is 13.8 Å². The van der Waals surface area contributed by atoms with E-state index in [2.05, 4.69) is 41.3 Å². The van der Waals surface area contributed by atoms with E-state index in [1.165, 1.54) is 16.7 Å². The average Bonchev–Trinajstić information content (AvgIpc) is 2.84. The molecule has 96 valence electrons. The largest absolute Gasteiger partial charge is 0.377 e. The van der Waals surface area contributed by atoms with Crippen LogP contribution in [0.4, 0.5) is 5.69 Å². The Morgan fingerprint density at radius 1 is 1.28 bits per heavy atom. The average molecular weight is 245 g/mol. The number of hydrogen-bond donors (Lipinski definition) is 1. The van der Waals surface area contributed by atoms with E-state index in [0.29, 0.717) is 19.1 Å². The quantitative estimate of drug-likeness (QED) is 0.886. The zero-order valence-corrected chi connectivity index (χ0v) is 11.2. The molecule has 0 spiro atoms. The van der Waals surface area contributed by atoms with E-state index in [-0.39, 0.29) is 0 Å². The Balaban J connectivity index is 2.18. The Bertz CT molecular complexity index is 469. The number of nitrogens with zero attached hydrogens (tertiary/aromatic N) is 2. The minimum atomic E-state index is 0.664. The molecule has 0 aromatic heterocycles. The van der Waals surface area contributed by atoms with Crippen LogP contribution in [0.2, 0.25) is 0 Å². The van der Waals surface area contributed by atoms with Crippen LogP contribution in [0.5, 0.6) is 0 Å². The van der Waals surface area contributed by atoms with Crippen molar-refractivity contribution in [1.82, 2.24) is 0 Å². The molecular weight excluding hydrogens is 226 g/mol. The highest BCUT2D eigenvalue weighted by molar-refractivity contribution is 6.02. The monoisotopic (exact) mass is 245 g/mol. The van der Waals surface area contributed by atoms with Crippen LogP contribution in [0.1, 0.15) is 23.6 Å². The number of nitrogens with one attached hydrogen (secondary N) is 1. The Morgan fingerprint density at radius 2 is 2.00 bits per heavy atom. The van der Waals surface area contributed by atoms with Gasteiger partial charge in [-0.1, -0.05) is 12.1 Å². The van der Waals surface area contributed by atoms with Crippen molar-refractivity contribution < 1.29 is 4.74 Å². The molecule has 0 saturated heterocycles.